The van der Waals surface area contributed by atoms with Gasteiger partial charge in [0.05, 0.1) is 12.2 Å². The molecule has 0 radical (unpaired) electrons. The molecule has 6 heteroatoms. The van der Waals surface area contributed by atoms with Crippen molar-refractivity contribution in [1.82, 2.24) is 0 Å². The summed E-state index contributed by atoms with van der Waals surface area (Å²) in [5.41, 5.74) is 3.68. The van der Waals surface area contributed by atoms with Crippen LogP contribution in [0, 0.1) is 5.82 Å². The van der Waals surface area contributed by atoms with E-state index in [-0.39, 0.29) is 12.0 Å². The number of benzene rings is 1. The van der Waals surface area contributed by atoms with Gasteiger partial charge in [0.25, 0.3) is 0 Å². The fraction of sp³-hybridized carbons (Fsp3) is 0.400. The first-order valence-corrected chi connectivity index (χ1v) is 4.55. The molecule has 0 fully saturated rings. The zero-order chi connectivity index (χ0) is 12.3. The van der Waals surface area contributed by atoms with Crippen LogP contribution >= 0.6 is 0 Å². The van der Waals surface area contributed by atoms with E-state index in [9.17, 15) is 22.0 Å². The van der Waals surface area contributed by atoms with Crippen molar-refractivity contribution in [1.29, 1.82) is 0 Å². The molecule has 90 valence electrons. The maximum absolute atomic E-state index is 13.4. The van der Waals surface area contributed by atoms with E-state index < -0.39 is 30.3 Å². The summed E-state index contributed by atoms with van der Waals surface area (Å²) in [7, 11) is 0. The molecular weight excluding hydrogens is 229 g/mol. The molecule has 1 atom stereocenters. The van der Waals surface area contributed by atoms with Crippen molar-refractivity contribution in [2.24, 2.45) is 5.73 Å². The Labute approximate surface area is 89.1 Å². The van der Waals surface area contributed by atoms with E-state index in [2.05, 4.69) is 0 Å². The fourth-order valence-electron chi connectivity index (χ4n) is 1.33. The molecule has 0 heterocycles. The van der Waals surface area contributed by atoms with Gasteiger partial charge < -0.3 is 5.73 Å². The lowest BCUT2D eigenvalue weighted by Crippen LogP contribution is -2.16. The van der Waals surface area contributed by atoms with Gasteiger partial charge in [-0.2, -0.15) is 13.2 Å². The maximum Gasteiger partial charge on any atom is 0.419 e. The van der Waals surface area contributed by atoms with Crippen LogP contribution in [0.5, 0.6) is 0 Å². The average Bonchev–Trinajstić information content (AvgIpc) is 2.16. The molecule has 0 saturated heterocycles. The topological polar surface area (TPSA) is 26.0 Å². The quantitative estimate of drug-likeness (QED) is 0.805. The van der Waals surface area contributed by atoms with Gasteiger partial charge in [-0.1, -0.05) is 12.1 Å². The van der Waals surface area contributed by atoms with Crippen molar-refractivity contribution in [3.8, 4) is 0 Å². The van der Waals surface area contributed by atoms with E-state index in [0.717, 1.165) is 12.1 Å². The minimum atomic E-state index is -4.77. The predicted octanol–water partition coefficient (Wildman–Crippen LogP) is 3.20. The molecule has 0 aliphatic rings. The highest BCUT2D eigenvalue weighted by Gasteiger charge is 2.35. The lowest BCUT2D eigenvalue weighted by molar-refractivity contribution is -0.140. The third kappa shape index (κ3) is 2.69. The lowest BCUT2D eigenvalue weighted by atomic mass is 10.0. The van der Waals surface area contributed by atoms with E-state index in [4.69, 9.17) is 5.73 Å². The molecule has 1 aromatic rings. The van der Waals surface area contributed by atoms with Gasteiger partial charge in [0.15, 0.2) is 0 Å². The van der Waals surface area contributed by atoms with Crippen LogP contribution in [0.3, 0.4) is 0 Å². The molecule has 0 spiro atoms. The summed E-state index contributed by atoms with van der Waals surface area (Å²) in [6, 6.07) is 1.75. The maximum atomic E-state index is 13.4. The highest BCUT2D eigenvalue weighted by atomic mass is 19.4. The van der Waals surface area contributed by atoms with Crippen LogP contribution < -0.4 is 5.73 Å². The summed E-state index contributed by atoms with van der Waals surface area (Å²) in [4.78, 5) is 0. The first-order valence-electron chi connectivity index (χ1n) is 4.55. The largest absolute Gasteiger partial charge is 0.419 e. The van der Waals surface area contributed by atoms with Crippen LogP contribution in [0.25, 0.3) is 0 Å². The minimum absolute atomic E-state index is 0.210. The Morgan fingerprint density at radius 3 is 2.38 bits per heavy atom. The predicted molar refractivity (Wildman–Crippen MR) is 48.9 cm³/mol. The Balaban J connectivity index is 3.14. The number of halogens is 5. The third-order valence-electron chi connectivity index (χ3n) is 2.15. The summed E-state index contributed by atoms with van der Waals surface area (Å²) in [6.07, 6.45) is -4.98. The first kappa shape index (κ1) is 12.9. The van der Waals surface area contributed by atoms with Crippen molar-refractivity contribution in [3.63, 3.8) is 0 Å². The van der Waals surface area contributed by atoms with E-state index in [1.54, 1.807) is 0 Å². The Morgan fingerprint density at radius 1 is 1.25 bits per heavy atom. The van der Waals surface area contributed by atoms with Crippen molar-refractivity contribution in [2.75, 3.05) is 6.67 Å². The van der Waals surface area contributed by atoms with E-state index in [0.29, 0.717) is 6.07 Å². The molecular formula is C10H10F5N. The summed E-state index contributed by atoms with van der Waals surface area (Å²) in [6.45, 7) is -0.809. The lowest BCUT2D eigenvalue weighted by Gasteiger charge is -2.15. The fourth-order valence-corrected chi connectivity index (χ4v) is 1.33. The Morgan fingerprint density at radius 2 is 1.88 bits per heavy atom. The van der Waals surface area contributed by atoms with E-state index in [1.807, 2.05) is 0 Å². The molecule has 0 amide bonds. The molecule has 1 rings (SSSR count). The highest BCUT2D eigenvalue weighted by molar-refractivity contribution is 5.30. The average molecular weight is 239 g/mol. The van der Waals surface area contributed by atoms with Crippen molar-refractivity contribution < 1.29 is 22.0 Å². The smallest absolute Gasteiger partial charge is 0.324 e. The van der Waals surface area contributed by atoms with Crippen molar-refractivity contribution in [2.45, 2.75) is 18.6 Å². The standard InChI is InChI=1S/C10H10F5N/c11-5-4-8(16)6-2-1-3-7(9(6)12)10(13,14)15/h1-3,8H,4-5,16H2/t8-/m0/s1. The minimum Gasteiger partial charge on any atom is -0.324 e. The van der Waals surface area contributed by atoms with Gasteiger partial charge in [-0.05, 0) is 12.5 Å². The van der Waals surface area contributed by atoms with Crippen molar-refractivity contribution >= 4 is 0 Å². The highest BCUT2D eigenvalue weighted by Crippen LogP contribution is 2.33. The molecule has 0 aromatic heterocycles. The Hall–Kier alpha value is -1.17. The summed E-state index contributed by atoms with van der Waals surface area (Å²) < 4.78 is 62.4. The summed E-state index contributed by atoms with van der Waals surface area (Å²) in [5.74, 6) is -1.42. The zero-order valence-electron chi connectivity index (χ0n) is 8.19. The molecule has 0 aliphatic heterocycles. The third-order valence-corrected chi connectivity index (χ3v) is 2.15. The van der Waals surface area contributed by atoms with E-state index >= 15 is 0 Å². The molecule has 2 N–H and O–H groups in total. The SMILES string of the molecule is N[C@@H](CCF)c1cccc(C(F)(F)F)c1F. The second-order valence-corrected chi connectivity index (χ2v) is 3.29. The molecule has 1 nitrogen and oxygen atoms in total. The number of alkyl halides is 4. The van der Waals surface area contributed by atoms with Gasteiger partial charge >= 0.3 is 6.18 Å². The van der Waals surface area contributed by atoms with Gasteiger partial charge in [0, 0.05) is 11.6 Å². The second kappa shape index (κ2) is 4.78. The van der Waals surface area contributed by atoms with Crippen LogP contribution in [-0.4, -0.2) is 6.67 Å². The first-order chi connectivity index (χ1) is 7.38. The van der Waals surface area contributed by atoms with Gasteiger partial charge in [-0.3, -0.25) is 4.39 Å². The number of hydrogen-bond donors (Lipinski definition) is 1. The van der Waals surface area contributed by atoms with Gasteiger partial charge in [0.1, 0.15) is 5.82 Å². The van der Waals surface area contributed by atoms with Crippen molar-refractivity contribution in [3.05, 3.63) is 35.1 Å². The number of nitrogens with two attached hydrogens (primary N) is 1. The van der Waals surface area contributed by atoms with Gasteiger partial charge in [-0.15, -0.1) is 0 Å². The van der Waals surface area contributed by atoms with Crippen LogP contribution in [0.1, 0.15) is 23.6 Å². The number of hydrogen-bond acceptors (Lipinski definition) is 1. The van der Waals surface area contributed by atoms with Gasteiger partial charge in [0.2, 0.25) is 0 Å². The second-order valence-electron chi connectivity index (χ2n) is 3.29. The summed E-state index contributed by atoms with van der Waals surface area (Å²) in [5, 5.41) is 0. The van der Waals surface area contributed by atoms with E-state index in [1.165, 1.54) is 0 Å². The molecule has 0 saturated carbocycles. The molecule has 16 heavy (non-hydrogen) atoms. The van der Waals surface area contributed by atoms with Crippen LogP contribution in [0.4, 0.5) is 22.0 Å². The Kier molecular flexibility index (Phi) is 3.85. The van der Waals surface area contributed by atoms with Crippen LogP contribution in [0.2, 0.25) is 0 Å². The van der Waals surface area contributed by atoms with Crippen LogP contribution in [-0.2, 0) is 6.18 Å². The monoisotopic (exact) mass is 239 g/mol. The summed E-state index contributed by atoms with van der Waals surface area (Å²) >= 11 is 0. The Bertz CT molecular complexity index is 361. The molecule has 0 unspecified atom stereocenters. The normalized spacial score (nSPS) is 13.9. The van der Waals surface area contributed by atoms with Crippen LogP contribution in [0.15, 0.2) is 18.2 Å². The molecule has 0 bridgehead atoms. The number of rotatable bonds is 3. The van der Waals surface area contributed by atoms with Gasteiger partial charge in [-0.25, -0.2) is 4.39 Å². The molecule has 1 aromatic carbocycles. The molecule has 0 aliphatic carbocycles. The zero-order valence-corrected chi connectivity index (χ0v) is 8.19.